The normalized spacial score (nSPS) is 7.50. The number of nitrogens with zero attached hydrogens (tertiary/aromatic N) is 2. The van der Waals surface area contributed by atoms with E-state index >= 15 is 0 Å². The Labute approximate surface area is 73.6 Å². The Morgan fingerprint density at radius 3 is 2.00 bits per heavy atom. The summed E-state index contributed by atoms with van der Waals surface area (Å²) in [5.41, 5.74) is 0. The summed E-state index contributed by atoms with van der Waals surface area (Å²) in [4.78, 5) is 3.95. The Hall–Kier alpha value is -0.900. The van der Waals surface area contributed by atoms with Gasteiger partial charge in [0, 0.05) is 13.5 Å². The first-order valence-electron chi connectivity index (χ1n) is 4.07. The third-order valence-electron chi connectivity index (χ3n) is 0.872. The molecule has 0 aliphatic carbocycles. The molecule has 72 valence electrons. The highest BCUT2D eigenvalue weighted by atomic mass is 16.5. The molecular formula is C8H18N2O2. The minimum Gasteiger partial charge on any atom is -0.400 e. The lowest BCUT2D eigenvalue weighted by Crippen LogP contribution is -1.76. The van der Waals surface area contributed by atoms with Crippen LogP contribution in [0.3, 0.4) is 0 Å². The first-order valence-corrected chi connectivity index (χ1v) is 4.07. The number of hydrogen-bond acceptors (Lipinski definition) is 4. The molecule has 0 amide bonds. The van der Waals surface area contributed by atoms with Gasteiger partial charge < -0.3 is 9.63 Å². The monoisotopic (exact) mass is 174 g/mol. The molecule has 0 aliphatic heterocycles. The highest BCUT2D eigenvalue weighted by Gasteiger charge is 1.95. The van der Waals surface area contributed by atoms with Crippen molar-refractivity contribution in [3.63, 3.8) is 0 Å². The van der Waals surface area contributed by atoms with Crippen LogP contribution in [0.5, 0.6) is 0 Å². The molecule has 0 saturated carbocycles. The maximum Gasteiger partial charge on any atom is 0.226 e. The SMILES string of the molecule is CC.CCc1nc(C)no1.CO. The Balaban J connectivity index is 0. The Kier molecular flexibility index (Phi) is 11.5. The van der Waals surface area contributed by atoms with E-state index in [9.17, 15) is 0 Å². The number of aliphatic hydroxyl groups is 1. The van der Waals surface area contributed by atoms with Crippen LogP contribution in [0.25, 0.3) is 0 Å². The van der Waals surface area contributed by atoms with Gasteiger partial charge in [0.05, 0.1) is 0 Å². The van der Waals surface area contributed by atoms with Crippen LogP contribution in [0, 0.1) is 6.92 Å². The largest absolute Gasteiger partial charge is 0.400 e. The molecule has 0 aromatic carbocycles. The molecule has 0 atom stereocenters. The number of hydrogen-bond donors (Lipinski definition) is 1. The predicted octanol–water partition coefficient (Wildman–Crippen LogP) is 1.58. The van der Waals surface area contributed by atoms with E-state index < -0.39 is 0 Å². The van der Waals surface area contributed by atoms with Crippen molar-refractivity contribution in [2.75, 3.05) is 7.11 Å². The van der Waals surface area contributed by atoms with Crippen LogP contribution in [0.2, 0.25) is 0 Å². The molecule has 0 unspecified atom stereocenters. The summed E-state index contributed by atoms with van der Waals surface area (Å²) >= 11 is 0. The average Bonchev–Trinajstić information content (AvgIpc) is 2.58. The first-order chi connectivity index (χ1) is 5.83. The first kappa shape index (κ1) is 13.7. The molecule has 1 aromatic rings. The lowest BCUT2D eigenvalue weighted by Gasteiger charge is -1.75. The molecule has 4 nitrogen and oxygen atoms in total. The van der Waals surface area contributed by atoms with Crippen LogP contribution in [0.15, 0.2) is 4.52 Å². The van der Waals surface area contributed by atoms with Crippen molar-refractivity contribution in [2.45, 2.75) is 34.1 Å². The molecule has 0 radical (unpaired) electrons. The summed E-state index contributed by atoms with van der Waals surface area (Å²) in [5.74, 6) is 1.42. The fourth-order valence-electron chi connectivity index (χ4n) is 0.484. The number of rotatable bonds is 1. The number of aromatic nitrogens is 2. The van der Waals surface area contributed by atoms with E-state index in [1.54, 1.807) is 0 Å². The Morgan fingerprint density at radius 2 is 1.83 bits per heavy atom. The lowest BCUT2D eigenvalue weighted by molar-refractivity contribution is 0.378. The van der Waals surface area contributed by atoms with Gasteiger partial charge in [-0.2, -0.15) is 4.98 Å². The van der Waals surface area contributed by atoms with Crippen LogP contribution in [-0.2, 0) is 6.42 Å². The molecule has 0 bridgehead atoms. The van der Waals surface area contributed by atoms with Gasteiger partial charge in [-0.25, -0.2) is 0 Å². The van der Waals surface area contributed by atoms with E-state index in [0.717, 1.165) is 13.5 Å². The molecule has 1 aromatic heterocycles. The quantitative estimate of drug-likeness (QED) is 0.702. The van der Waals surface area contributed by atoms with Gasteiger partial charge in [0.25, 0.3) is 0 Å². The summed E-state index contributed by atoms with van der Waals surface area (Å²) in [6.07, 6.45) is 0.820. The van der Waals surface area contributed by atoms with Crippen LogP contribution < -0.4 is 0 Å². The van der Waals surface area contributed by atoms with Crippen LogP contribution in [0.4, 0.5) is 0 Å². The average molecular weight is 174 g/mol. The van der Waals surface area contributed by atoms with Crippen molar-refractivity contribution in [1.82, 2.24) is 10.1 Å². The second kappa shape index (κ2) is 10.1. The van der Waals surface area contributed by atoms with Crippen LogP contribution in [-0.4, -0.2) is 22.4 Å². The summed E-state index contributed by atoms with van der Waals surface area (Å²) in [6, 6.07) is 0. The molecule has 1 rings (SSSR count). The zero-order valence-electron chi connectivity index (χ0n) is 8.46. The van der Waals surface area contributed by atoms with Gasteiger partial charge in [-0.3, -0.25) is 0 Å². The van der Waals surface area contributed by atoms with E-state index in [0.29, 0.717) is 11.7 Å². The molecule has 4 heteroatoms. The van der Waals surface area contributed by atoms with Crippen LogP contribution in [0.1, 0.15) is 32.5 Å². The third-order valence-corrected chi connectivity index (χ3v) is 0.872. The molecule has 0 aliphatic rings. The molecule has 1 N–H and O–H groups in total. The Morgan fingerprint density at radius 1 is 1.33 bits per heavy atom. The Bertz CT molecular complexity index is 175. The summed E-state index contributed by atoms with van der Waals surface area (Å²) in [5, 5.41) is 10.6. The molecule has 0 fully saturated rings. The van der Waals surface area contributed by atoms with Gasteiger partial charge in [-0.1, -0.05) is 25.9 Å². The molecule has 12 heavy (non-hydrogen) atoms. The molecule has 0 spiro atoms. The smallest absolute Gasteiger partial charge is 0.226 e. The minimum atomic E-state index is 0.710. The van der Waals surface area contributed by atoms with Crippen molar-refractivity contribution >= 4 is 0 Å². The number of aryl methyl sites for hydroxylation is 2. The van der Waals surface area contributed by atoms with E-state index in [2.05, 4.69) is 10.1 Å². The number of aliphatic hydroxyl groups excluding tert-OH is 1. The van der Waals surface area contributed by atoms with Crippen molar-refractivity contribution in [3.05, 3.63) is 11.7 Å². The van der Waals surface area contributed by atoms with E-state index in [1.165, 1.54) is 0 Å². The van der Waals surface area contributed by atoms with Gasteiger partial charge in [-0.05, 0) is 6.92 Å². The predicted molar refractivity (Wildman–Crippen MR) is 47.9 cm³/mol. The fraction of sp³-hybridized carbons (Fsp3) is 0.750. The van der Waals surface area contributed by atoms with Crippen molar-refractivity contribution in [2.24, 2.45) is 0 Å². The highest BCUT2D eigenvalue weighted by Crippen LogP contribution is 1.94. The van der Waals surface area contributed by atoms with Gasteiger partial charge in [0.1, 0.15) is 0 Å². The van der Waals surface area contributed by atoms with Gasteiger partial charge in [0.2, 0.25) is 5.89 Å². The minimum absolute atomic E-state index is 0.710. The molecular weight excluding hydrogens is 156 g/mol. The standard InChI is InChI=1S/C5H8N2O.C2H6.CH4O/c1-3-5-6-4(2)7-8-5;2*1-2/h3H2,1-2H3;1-2H3;2H,1H3. The summed E-state index contributed by atoms with van der Waals surface area (Å²) in [6.45, 7) is 7.79. The van der Waals surface area contributed by atoms with Gasteiger partial charge in [0.15, 0.2) is 5.82 Å². The second-order valence-electron chi connectivity index (χ2n) is 1.59. The maximum absolute atomic E-state index is 7.00. The third kappa shape index (κ3) is 5.85. The summed E-state index contributed by atoms with van der Waals surface area (Å²) in [7, 11) is 1.00. The summed E-state index contributed by atoms with van der Waals surface area (Å²) < 4.78 is 4.75. The van der Waals surface area contributed by atoms with Crippen molar-refractivity contribution < 1.29 is 9.63 Å². The lowest BCUT2D eigenvalue weighted by atomic mass is 10.5. The topological polar surface area (TPSA) is 59.2 Å². The zero-order valence-corrected chi connectivity index (χ0v) is 8.46. The van der Waals surface area contributed by atoms with E-state index in [4.69, 9.17) is 9.63 Å². The van der Waals surface area contributed by atoms with Crippen LogP contribution >= 0.6 is 0 Å². The second-order valence-corrected chi connectivity index (χ2v) is 1.59. The van der Waals surface area contributed by atoms with Crippen molar-refractivity contribution in [1.29, 1.82) is 0 Å². The van der Waals surface area contributed by atoms with Crippen molar-refractivity contribution in [3.8, 4) is 0 Å². The van der Waals surface area contributed by atoms with E-state index in [-0.39, 0.29) is 0 Å². The van der Waals surface area contributed by atoms with Gasteiger partial charge in [-0.15, -0.1) is 0 Å². The van der Waals surface area contributed by atoms with Gasteiger partial charge >= 0.3 is 0 Å². The highest BCUT2D eigenvalue weighted by molar-refractivity contribution is 4.80. The molecule has 0 saturated heterocycles. The van der Waals surface area contributed by atoms with E-state index in [1.807, 2.05) is 27.7 Å². The molecule has 1 heterocycles. The maximum atomic E-state index is 7.00. The zero-order chi connectivity index (χ0) is 9.98. The fourth-order valence-corrected chi connectivity index (χ4v) is 0.484.